The lowest BCUT2D eigenvalue weighted by molar-refractivity contribution is 0.0692. The van der Waals surface area contributed by atoms with Crippen molar-refractivity contribution in [2.24, 2.45) is 0 Å². The molecule has 1 N–H and O–H groups in total. The molecule has 1 saturated heterocycles. The monoisotopic (exact) mass is 302 g/mol. The van der Waals surface area contributed by atoms with Gasteiger partial charge in [-0.2, -0.15) is 0 Å². The molecule has 1 aromatic carbocycles. The predicted molar refractivity (Wildman–Crippen MR) is 69.8 cm³/mol. The molecule has 0 bridgehead atoms. The number of ether oxygens (including phenoxy) is 1. The highest BCUT2D eigenvalue weighted by atomic mass is 32.2. The molecule has 0 unspecified atom stereocenters. The molecule has 5 nitrogen and oxygen atoms in total. The molecule has 110 valence electrons. The van der Waals surface area contributed by atoms with Gasteiger partial charge in [0.25, 0.3) is 0 Å². The van der Waals surface area contributed by atoms with Crippen LogP contribution in [0, 0.1) is 5.82 Å². The third-order valence-electron chi connectivity index (χ3n) is 3.31. The Morgan fingerprint density at radius 2 is 2.00 bits per heavy atom. The molecular formula is C13H15FO5S. The van der Waals surface area contributed by atoms with Gasteiger partial charge in [0.1, 0.15) is 5.82 Å². The third kappa shape index (κ3) is 3.34. The normalized spacial score (nSPS) is 17.1. The van der Waals surface area contributed by atoms with Gasteiger partial charge < -0.3 is 9.84 Å². The molecule has 0 amide bonds. The molecule has 0 radical (unpaired) electrons. The highest BCUT2D eigenvalue weighted by Crippen LogP contribution is 2.21. The van der Waals surface area contributed by atoms with Crippen LogP contribution < -0.4 is 0 Å². The van der Waals surface area contributed by atoms with Crippen LogP contribution in [0.5, 0.6) is 0 Å². The Balaban J connectivity index is 2.17. The molecule has 0 spiro atoms. The van der Waals surface area contributed by atoms with Crippen LogP contribution >= 0.6 is 0 Å². The van der Waals surface area contributed by atoms with E-state index in [-0.39, 0.29) is 11.3 Å². The Labute approximate surface area is 116 Å². The van der Waals surface area contributed by atoms with Gasteiger partial charge in [-0.15, -0.1) is 0 Å². The third-order valence-corrected chi connectivity index (χ3v) is 5.53. The molecule has 0 aliphatic carbocycles. The molecule has 20 heavy (non-hydrogen) atoms. The van der Waals surface area contributed by atoms with Crippen LogP contribution in [0.4, 0.5) is 4.39 Å². The maximum absolute atomic E-state index is 13.5. The van der Waals surface area contributed by atoms with Crippen molar-refractivity contribution >= 4 is 15.8 Å². The predicted octanol–water partition coefficient (Wildman–Crippen LogP) is 1.62. The SMILES string of the molecule is O=C(O)c1ccc(CS(=O)(=O)C2CCOCC2)cc1F. The van der Waals surface area contributed by atoms with E-state index in [0.29, 0.717) is 26.1 Å². The van der Waals surface area contributed by atoms with Gasteiger partial charge in [0.05, 0.1) is 16.6 Å². The number of rotatable bonds is 4. The molecule has 0 saturated carbocycles. The molecule has 0 aromatic heterocycles. The lowest BCUT2D eigenvalue weighted by Gasteiger charge is -2.22. The second-order valence-corrected chi connectivity index (χ2v) is 7.02. The first-order chi connectivity index (χ1) is 9.40. The summed E-state index contributed by atoms with van der Waals surface area (Å²) >= 11 is 0. The fraction of sp³-hybridized carbons (Fsp3) is 0.462. The summed E-state index contributed by atoms with van der Waals surface area (Å²) in [6.45, 7) is 0.826. The van der Waals surface area contributed by atoms with Gasteiger partial charge in [0.2, 0.25) is 0 Å². The molecular weight excluding hydrogens is 287 g/mol. The quantitative estimate of drug-likeness (QED) is 0.914. The number of carboxylic acid groups (broad SMARTS) is 1. The van der Waals surface area contributed by atoms with Crippen LogP contribution in [0.25, 0.3) is 0 Å². The summed E-state index contributed by atoms with van der Waals surface area (Å²) in [5.41, 5.74) is -0.198. The topological polar surface area (TPSA) is 80.7 Å². The largest absolute Gasteiger partial charge is 0.478 e. The summed E-state index contributed by atoms with van der Waals surface area (Å²) in [6, 6.07) is 3.40. The zero-order valence-corrected chi connectivity index (χ0v) is 11.5. The number of carbonyl (C=O) groups is 1. The van der Waals surface area contributed by atoms with Crippen LogP contribution in [0.1, 0.15) is 28.8 Å². The second-order valence-electron chi connectivity index (χ2n) is 4.74. The maximum atomic E-state index is 13.5. The van der Waals surface area contributed by atoms with E-state index in [0.717, 1.165) is 12.1 Å². The molecule has 1 fully saturated rings. The molecule has 1 aliphatic rings. The Morgan fingerprint density at radius 3 is 2.55 bits per heavy atom. The highest BCUT2D eigenvalue weighted by molar-refractivity contribution is 7.91. The summed E-state index contributed by atoms with van der Waals surface area (Å²) in [6.07, 6.45) is 0.885. The highest BCUT2D eigenvalue weighted by Gasteiger charge is 2.28. The molecule has 2 rings (SSSR count). The zero-order chi connectivity index (χ0) is 14.8. The molecule has 0 atom stereocenters. The van der Waals surface area contributed by atoms with E-state index in [1.807, 2.05) is 0 Å². The minimum absolute atomic E-state index is 0.263. The number of aromatic carboxylic acids is 1. The van der Waals surface area contributed by atoms with E-state index >= 15 is 0 Å². The smallest absolute Gasteiger partial charge is 0.338 e. The van der Waals surface area contributed by atoms with E-state index in [2.05, 4.69) is 0 Å². The minimum Gasteiger partial charge on any atom is -0.478 e. The summed E-state index contributed by atoms with van der Waals surface area (Å²) in [7, 11) is -3.38. The van der Waals surface area contributed by atoms with Crippen molar-refractivity contribution in [2.75, 3.05) is 13.2 Å². The molecule has 1 heterocycles. The Kier molecular flexibility index (Phi) is 4.39. The van der Waals surface area contributed by atoms with Crippen molar-refractivity contribution in [3.63, 3.8) is 0 Å². The average Bonchev–Trinajstić information content (AvgIpc) is 2.39. The van der Waals surface area contributed by atoms with Crippen LogP contribution in [0.2, 0.25) is 0 Å². The average molecular weight is 302 g/mol. The van der Waals surface area contributed by atoms with E-state index in [9.17, 15) is 17.6 Å². The van der Waals surface area contributed by atoms with Crippen LogP contribution in [0.15, 0.2) is 18.2 Å². The van der Waals surface area contributed by atoms with Gasteiger partial charge in [-0.25, -0.2) is 17.6 Å². The molecule has 7 heteroatoms. The van der Waals surface area contributed by atoms with Crippen LogP contribution in [-0.2, 0) is 20.3 Å². The second kappa shape index (κ2) is 5.88. The lowest BCUT2D eigenvalue weighted by Crippen LogP contribution is -2.29. The van der Waals surface area contributed by atoms with Crippen LogP contribution in [-0.4, -0.2) is 38.0 Å². The number of carboxylic acids is 1. The molecule has 1 aromatic rings. The summed E-state index contributed by atoms with van der Waals surface area (Å²) in [5, 5.41) is 8.25. The number of sulfone groups is 1. The van der Waals surface area contributed by atoms with Gasteiger partial charge in [-0.05, 0) is 30.5 Å². The first-order valence-corrected chi connectivity index (χ1v) is 7.93. The maximum Gasteiger partial charge on any atom is 0.338 e. The summed E-state index contributed by atoms with van der Waals surface area (Å²) in [4.78, 5) is 10.7. The van der Waals surface area contributed by atoms with Gasteiger partial charge in [0, 0.05) is 13.2 Å². The summed E-state index contributed by atoms with van der Waals surface area (Å²) < 4.78 is 43.0. The fourth-order valence-corrected chi connectivity index (χ4v) is 4.00. The van der Waals surface area contributed by atoms with Gasteiger partial charge >= 0.3 is 5.97 Å². The minimum atomic E-state index is -3.38. The van der Waals surface area contributed by atoms with E-state index < -0.39 is 32.4 Å². The van der Waals surface area contributed by atoms with Gasteiger partial charge in [-0.3, -0.25) is 0 Å². The van der Waals surface area contributed by atoms with E-state index in [4.69, 9.17) is 9.84 Å². The first kappa shape index (κ1) is 14.9. The van der Waals surface area contributed by atoms with E-state index in [1.165, 1.54) is 6.07 Å². The Bertz CT molecular complexity index is 605. The van der Waals surface area contributed by atoms with Crippen molar-refractivity contribution in [1.82, 2.24) is 0 Å². The van der Waals surface area contributed by atoms with Gasteiger partial charge in [-0.1, -0.05) is 6.07 Å². The van der Waals surface area contributed by atoms with E-state index in [1.54, 1.807) is 0 Å². The van der Waals surface area contributed by atoms with Crippen LogP contribution in [0.3, 0.4) is 0 Å². The Hall–Kier alpha value is -1.47. The molecule has 1 aliphatic heterocycles. The summed E-state index contributed by atoms with van der Waals surface area (Å²) in [5.74, 6) is -2.58. The van der Waals surface area contributed by atoms with Crippen molar-refractivity contribution in [2.45, 2.75) is 23.8 Å². The lowest BCUT2D eigenvalue weighted by atomic mass is 10.1. The van der Waals surface area contributed by atoms with Gasteiger partial charge in [0.15, 0.2) is 9.84 Å². The van der Waals surface area contributed by atoms with Crippen molar-refractivity contribution < 1.29 is 27.4 Å². The Morgan fingerprint density at radius 1 is 1.35 bits per heavy atom. The van der Waals surface area contributed by atoms with Crippen molar-refractivity contribution in [3.05, 3.63) is 35.1 Å². The van der Waals surface area contributed by atoms with Crippen molar-refractivity contribution in [1.29, 1.82) is 0 Å². The number of hydrogen-bond acceptors (Lipinski definition) is 4. The number of hydrogen-bond donors (Lipinski definition) is 1. The zero-order valence-electron chi connectivity index (χ0n) is 10.7. The van der Waals surface area contributed by atoms with Crippen molar-refractivity contribution in [3.8, 4) is 0 Å². The number of benzene rings is 1. The standard InChI is InChI=1S/C13H15FO5S/c14-12-7-9(1-2-11(12)13(15)16)8-20(17,18)10-3-5-19-6-4-10/h1-2,7,10H,3-6,8H2,(H,15,16). The fourth-order valence-electron chi connectivity index (χ4n) is 2.21. The number of halogens is 1. The first-order valence-electron chi connectivity index (χ1n) is 6.21.